The van der Waals surface area contributed by atoms with Crippen molar-refractivity contribution in [2.24, 2.45) is 29.6 Å². The van der Waals surface area contributed by atoms with E-state index in [0.29, 0.717) is 0 Å². The fraction of sp³-hybridized carbons (Fsp3) is 0.913. The molecule has 4 heteroatoms. The Bertz CT molecular complexity index is 501. The first-order valence-corrected chi connectivity index (χ1v) is 11.3. The summed E-state index contributed by atoms with van der Waals surface area (Å²) in [6.07, 6.45) is 10.9. The average molecular weight is 379 g/mol. The van der Waals surface area contributed by atoms with E-state index in [1.165, 1.54) is 0 Å². The maximum atomic E-state index is 12.5. The van der Waals surface area contributed by atoms with Crippen molar-refractivity contribution in [2.75, 3.05) is 0 Å². The normalized spacial score (nSPS) is 40.2. The Morgan fingerprint density at radius 3 is 1.59 bits per heavy atom. The smallest absolute Gasteiger partial charge is 0.309 e. The predicted molar refractivity (Wildman–Crippen MR) is 105 cm³/mol. The van der Waals surface area contributed by atoms with Crippen LogP contribution in [0.25, 0.3) is 0 Å². The molecule has 0 heterocycles. The number of hydrogen-bond donors (Lipinski definition) is 0. The summed E-state index contributed by atoms with van der Waals surface area (Å²) in [6, 6.07) is 0. The molecule has 0 radical (unpaired) electrons. The van der Waals surface area contributed by atoms with Gasteiger partial charge in [0.1, 0.15) is 12.2 Å². The van der Waals surface area contributed by atoms with Crippen molar-refractivity contribution in [3.05, 3.63) is 0 Å². The van der Waals surface area contributed by atoms with Crippen molar-refractivity contribution in [1.82, 2.24) is 0 Å². The molecule has 0 aliphatic heterocycles. The van der Waals surface area contributed by atoms with E-state index in [1.807, 2.05) is 0 Å². The third kappa shape index (κ3) is 5.71. The van der Waals surface area contributed by atoms with E-state index in [1.54, 1.807) is 0 Å². The van der Waals surface area contributed by atoms with Gasteiger partial charge in [-0.05, 0) is 88.4 Å². The first kappa shape index (κ1) is 20.7. The lowest BCUT2D eigenvalue weighted by molar-refractivity contribution is -0.168. The van der Waals surface area contributed by atoms with E-state index in [4.69, 9.17) is 9.47 Å². The fourth-order valence-electron chi connectivity index (χ4n) is 5.10. The molecule has 0 aromatic heterocycles. The molecule has 3 unspecified atom stereocenters. The zero-order valence-corrected chi connectivity index (χ0v) is 17.5. The van der Waals surface area contributed by atoms with E-state index >= 15 is 0 Å². The van der Waals surface area contributed by atoms with Gasteiger partial charge in [-0.1, -0.05) is 20.8 Å². The lowest BCUT2D eigenvalue weighted by atomic mass is 9.82. The molecule has 3 aliphatic carbocycles. The Morgan fingerprint density at radius 1 is 0.630 bits per heavy atom. The van der Waals surface area contributed by atoms with Crippen LogP contribution in [0.3, 0.4) is 0 Å². The zero-order chi connectivity index (χ0) is 19.4. The molecule has 4 nitrogen and oxygen atoms in total. The molecule has 3 aliphatic rings. The molecule has 3 fully saturated rings. The lowest BCUT2D eigenvalue weighted by Crippen LogP contribution is -2.38. The molecular formula is C23H38O4. The maximum Gasteiger partial charge on any atom is 0.309 e. The highest BCUT2D eigenvalue weighted by Gasteiger charge is 2.35. The highest BCUT2D eigenvalue weighted by atomic mass is 16.6. The SMILES string of the molecule is CC1CCC(C(=O)OC2CCC(OC(=O)C3CCC(C)CC3)C(C)C2)CC1. The van der Waals surface area contributed by atoms with Crippen molar-refractivity contribution in [3.63, 3.8) is 0 Å². The first-order chi connectivity index (χ1) is 12.9. The van der Waals surface area contributed by atoms with Gasteiger partial charge in [0, 0.05) is 0 Å². The quantitative estimate of drug-likeness (QED) is 0.624. The molecular weight excluding hydrogens is 340 g/mol. The Hall–Kier alpha value is -1.06. The molecule has 154 valence electrons. The second-order valence-corrected chi connectivity index (χ2v) is 9.74. The van der Waals surface area contributed by atoms with Crippen molar-refractivity contribution in [1.29, 1.82) is 0 Å². The summed E-state index contributed by atoms with van der Waals surface area (Å²) in [5.74, 6) is 1.95. The van der Waals surface area contributed by atoms with Crippen LogP contribution in [-0.2, 0) is 19.1 Å². The van der Waals surface area contributed by atoms with Gasteiger partial charge in [0.25, 0.3) is 0 Å². The topological polar surface area (TPSA) is 52.6 Å². The van der Waals surface area contributed by atoms with Gasteiger partial charge in [0.05, 0.1) is 11.8 Å². The van der Waals surface area contributed by atoms with E-state index < -0.39 is 0 Å². The Morgan fingerprint density at radius 2 is 1.11 bits per heavy atom. The summed E-state index contributed by atoms with van der Waals surface area (Å²) in [5.41, 5.74) is 0. The van der Waals surface area contributed by atoms with Gasteiger partial charge in [-0.3, -0.25) is 9.59 Å². The number of ether oxygens (including phenoxy) is 2. The Balaban J connectivity index is 1.41. The van der Waals surface area contributed by atoms with Crippen LogP contribution < -0.4 is 0 Å². The summed E-state index contributed by atoms with van der Waals surface area (Å²) in [6.45, 7) is 6.66. The zero-order valence-electron chi connectivity index (χ0n) is 17.5. The number of rotatable bonds is 4. The van der Waals surface area contributed by atoms with Crippen LogP contribution in [0.15, 0.2) is 0 Å². The summed E-state index contributed by atoms with van der Waals surface area (Å²) in [7, 11) is 0. The minimum absolute atomic E-state index is 0.00247. The minimum Gasteiger partial charge on any atom is -0.462 e. The van der Waals surface area contributed by atoms with Crippen molar-refractivity contribution in [2.45, 2.75) is 104 Å². The van der Waals surface area contributed by atoms with E-state index in [0.717, 1.165) is 82.5 Å². The summed E-state index contributed by atoms with van der Waals surface area (Å²) in [4.78, 5) is 25.0. The van der Waals surface area contributed by atoms with Crippen LogP contribution in [0, 0.1) is 29.6 Å². The van der Waals surface area contributed by atoms with Crippen molar-refractivity contribution >= 4 is 11.9 Å². The molecule has 0 saturated heterocycles. The van der Waals surface area contributed by atoms with Gasteiger partial charge >= 0.3 is 11.9 Å². The molecule has 0 aromatic rings. The van der Waals surface area contributed by atoms with Gasteiger partial charge in [-0.2, -0.15) is 0 Å². The molecule has 0 bridgehead atoms. The first-order valence-electron chi connectivity index (χ1n) is 11.3. The second-order valence-electron chi connectivity index (χ2n) is 9.74. The summed E-state index contributed by atoms with van der Waals surface area (Å²) in [5, 5.41) is 0. The number of esters is 2. The van der Waals surface area contributed by atoms with Crippen LogP contribution in [0.1, 0.15) is 91.4 Å². The van der Waals surface area contributed by atoms with Crippen LogP contribution >= 0.6 is 0 Å². The Labute approximate surface area is 164 Å². The van der Waals surface area contributed by atoms with Crippen LogP contribution in [0.5, 0.6) is 0 Å². The number of carbonyl (C=O) groups is 2. The average Bonchev–Trinajstić information content (AvgIpc) is 2.65. The molecule has 0 N–H and O–H groups in total. The molecule has 3 atom stereocenters. The molecule has 3 rings (SSSR count). The fourth-order valence-corrected chi connectivity index (χ4v) is 5.10. The number of carbonyl (C=O) groups excluding carboxylic acids is 2. The summed E-state index contributed by atoms with van der Waals surface area (Å²) < 4.78 is 11.7. The molecule has 0 aromatic carbocycles. The predicted octanol–water partition coefficient (Wildman–Crippen LogP) is 5.28. The van der Waals surface area contributed by atoms with Gasteiger partial charge in [0.2, 0.25) is 0 Å². The molecule has 0 amide bonds. The van der Waals surface area contributed by atoms with Gasteiger partial charge in [-0.25, -0.2) is 0 Å². The number of hydrogen-bond acceptors (Lipinski definition) is 4. The largest absolute Gasteiger partial charge is 0.462 e. The minimum atomic E-state index is -0.0117. The second kappa shape index (κ2) is 9.43. The van der Waals surface area contributed by atoms with Gasteiger partial charge in [0.15, 0.2) is 0 Å². The lowest BCUT2D eigenvalue weighted by Gasteiger charge is -2.35. The Kier molecular flexibility index (Phi) is 7.22. The third-order valence-corrected chi connectivity index (χ3v) is 7.29. The monoisotopic (exact) mass is 378 g/mol. The highest BCUT2D eigenvalue weighted by Crippen LogP contribution is 2.34. The van der Waals surface area contributed by atoms with Crippen LogP contribution in [-0.4, -0.2) is 24.1 Å². The van der Waals surface area contributed by atoms with E-state index in [2.05, 4.69) is 20.8 Å². The molecule has 27 heavy (non-hydrogen) atoms. The van der Waals surface area contributed by atoms with Crippen LogP contribution in [0.2, 0.25) is 0 Å². The van der Waals surface area contributed by atoms with Crippen LogP contribution in [0.4, 0.5) is 0 Å². The maximum absolute atomic E-state index is 12.5. The van der Waals surface area contributed by atoms with E-state index in [9.17, 15) is 9.59 Å². The van der Waals surface area contributed by atoms with E-state index in [-0.39, 0.29) is 41.9 Å². The van der Waals surface area contributed by atoms with Gasteiger partial charge < -0.3 is 9.47 Å². The standard InChI is InChI=1S/C23H38O4/c1-15-4-8-18(9-5-15)22(24)26-20-12-13-21(17(3)14-20)27-23(25)19-10-6-16(2)7-11-19/h15-21H,4-14H2,1-3H3. The van der Waals surface area contributed by atoms with Crippen molar-refractivity contribution in [3.8, 4) is 0 Å². The molecule has 3 saturated carbocycles. The molecule has 0 spiro atoms. The van der Waals surface area contributed by atoms with Gasteiger partial charge in [-0.15, -0.1) is 0 Å². The van der Waals surface area contributed by atoms with Crippen molar-refractivity contribution < 1.29 is 19.1 Å². The third-order valence-electron chi connectivity index (χ3n) is 7.29. The summed E-state index contributed by atoms with van der Waals surface area (Å²) >= 11 is 0. The highest BCUT2D eigenvalue weighted by molar-refractivity contribution is 5.73.